The summed E-state index contributed by atoms with van der Waals surface area (Å²) in [6, 6.07) is 8.89. The van der Waals surface area contributed by atoms with Crippen LogP contribution in [0.15, 0.2) is 24.3 Å². The van der Waals surface area contributed by atoms with Crippen LogP contribution in [0.4, 0.5) is 0 Å². The first-order chi connectivity index (χ1) is 9.09. The Morgan fingerprint density at radius 3 is 2.68 bits per heavy atom. The lowest BCUT2D eigenvalue weighted by molar-refractivity contribution is -0.0627. The predicted molar refractivity (Wildman–Crippen MR) is 77.8 cm³/mol. The summed E-state index contributed by atoms with van der Waals surface area (Å²) in [7, 11) is 1.70. The minimum atomic E-state index is 0.0238. The minimum absolute atomic E-state index is 0.0238. The van der Waals surface area contributed by atoms with Crippen LogP contribution in [0, 0.1) is 0 Å². The van der Waals surface area contributed by atoms with Crippen molar-refractivity contribution in [3.05, 3.63) is 29.8 Å². The summed E-state index contributed by atoms with van der Waals surface area (Å²) in [5.74, 6) is 0.919. The summed E-state index contributed by atoms with van der Waals surface area (Å²) >= 11 is 0. The van der Waals surface area contributed by atoms with Crippen molar-refractivity contribution >= 4 is 0 Å². The largest absolute Gasteiger partial charge is 0.497 e. The minimum Gasteiger partial charge on any atom is -0.497 e. The number of nitrogens with one attached hydrogen (secondary N) is 1. The van der Waals surface area contributed by atoms with E-state index >= 15 is 0 Å². The van der Waals surface area contributed by atoms with E-state index in [9.17, 15) is 0 Å². The molecular formula is C16H25NO2. The van der Waals surface area contributed by atoms with Crippen LogP contribution in [0.2, 0.25) is 0 Å². The summed E-state index contributed by atoms with van der Waals surface area (Å²) < 4.78 is 10.9. The zero-order valence-corrected chi connectivity index (χ0v) is 12.2. The highest BCUT2D eigenvalue weighted by Crippen LogP contribution is 2.23. The van der Waals surface area contributed by atoms with Gasteiger partial charge in [-0.05, 0) is 57.4 Å². The fraction of sp³-hybridized carbons (Fsp3) is 0.625. The Balaban J connectivity index is 1.73. The first-order valence-corrected chi connectivity index (χ1v) is 7.09. The fourth-order valence-corrected chi connectivity index (χ4v) is 2.62. The Labute approximate surface area is 116 Å². The van der Waals surface area contributed by atoms with Crippen molar-refractivity contribution in [2.45, 2.75) is 44.8 Å². The monoisotopic (exact) mass is 263 g/mol. The molecule has 0 saturated carbocycles. The average Bonchev–Trinajstić information content (AvgIpc) is 2.38. The van der Waals surface area contributed by atoms with Crippen molar-refractivity contribution in [1.29, 1.82) is 0 Å². The SMILES string of the molecule is COc1ccc(CCNC2CCOC(C)(C)C2)cc1. The molecule has 1 aliphatic heterocycles. The third kappa shape index (κ3) is 4.51. The van der Waals surface area contributed by atoms with E-state index in [2.05, 4.69) is 31.3 Å². The Kier molecular flexibility index (Phi) is 4.83. The molecule has 1 N–H and O–H groups in total. The lowest BCUT2D eigenvalue weighted by Gasteiger charge is -2.36. The maximum atomic E-state index is 5.73. The van der Waals surface area contributed by atoms with Gasteiger partial charge in [0, 0.05) is 12.6 Å². The Morgan fingerprint density at radius 2 is 2.05 bits per heavy atom. The van der Waals surface area contributed by atoms with Crippen molar-refractivity contribution < 1.29 is 9.47 Å². The van der Waals surface area contributed by atoms with Crippen LogP contribution in [0.25, 0.3) is 0 Å². The van der Waals surface area contributed by atoms with Gasteiger partial charge in [0.05, 0.1) is 12.7 Å². The molecule has 0 bridgehead atoms. The number of benzene rings is 1. The molecule has 1 unspecified atom stereocenters. The lowest BCUT2D eigenvalue weighted by atomic mass is 9.94. The molecule has 1 aromatic carbocycles. The van der Waals surface area contributed by atoms with Crippen LogP contribution in [-0.2, 0) is 11.2 Å². The van der Waals surface area contributed by atoms with Gasteiger partial charge in [-0.2, -0.15) is 0 Å². The third-order valence-electron chi connectivity index (χ3n) is 3.70. The van der Waals surface area contributed by atoms with Crippen LogP contribution in [0.1, 0.15) is 32.3 Å². The predicted octanol–water partition coefficient (Wildman–Crippen LogP) is 2.78. The van der Waals surface area contributed by atoms with Gasteiger partial charge in [0.1, 0.15) is 5.75 Å². The van der Waals surface area contributed by atoms with E-state index in [-0.39, 0.29) is 5.60 Å². The summed E-state index contributed by atoms with van der Waals surface area (Å²) in [5, 5.41) is 3.64. The second kappa shape index (κ2) is 6.40. The van der Waals surface area contributed by atoms with Crippen molar-refractivity contribution in [3.63, 3.8) is 0 Å². The molecule has 0 spiro atoms. The molecule has 1 heterocycles. The van der Waals surface area contributed by atoms with E-state index < -0.39 is 0 Å². The number of rotatable bonds is 5. The number of hydrogen-bond donors (Lipinski definition) is 1. The van der Waals surface area contributed by atoms with E-state index in [0.29, 0.717) is 6.04 Å². The molecule has 1 aromatic rings. The molecule has 106 valence electrons. The third-order valence-corrected chi connectivity index (χ3v) is 3.70. The standard InChI is InChI=1S/C16H25NO2/c1-16(2)12-14(9-11-19-16)17-10-8-13-4-6-15(18-3)7-5-13/h4-7,14,17H,8-12H2,1-3H3. The molecule has 0 radical (unpaired) electrons. The normalized spacial score (nSPS) is 22.2. The van der Waals surface area contributed by atoms with Gasteiger partial charge in [-0.15, -0.1) is 0 Å². The van der Waals surface area contributed by atoms with Gasteiger partial charge in [-0.3, -0.25) is 0 Å². The van der Waals surface area contributed by atoms with Gasteiger partial charge in [0.15, 0.2) is 0 Å². The van der Waals surface area contributed by atoms with Crippen LogP contribution < -0.4 is 10.1 Å². The van der Waals surface area contributed by atoms with E-state index in [1.807, 2.05) is 12.1 Å². The zero-order chi connectivity index (χ0) is 13.7. The summed E-state index contributed by atoms with van der Waals surface area (Å²) in [5.41, 5.74) is 1.37. The summed E-state index contributed by atoms with van der Waals surface area (Å²) in [6.07, 6.45) is 3.27. The molecule has 0 aromatic heterocycles. The summed E-state index contributed by atoms with van der Waals surface area (Å²) in [6.45, 7) is 6.23. The van der Waals surface area contributed by atoms with Crippen LogP contribution in [0.3, 0.4) is 0 Å². The van der Waals surface area contributed by atoms with E-state index in [4.69, 9.17) is 9.47 Å². The van der Waals surface area contributed by atoms with Gasteiger partial charge in [-0.1, -0.05) is 12.1 Å². The molecule has 3 heteroatoms. The molecule has 1 atom stereocenters. The lowest BCUT2D eigenvalue weighted by Crippen LogP contribution is -2.44. The van der Waals surface area contributed by atoms with Gasteiger partial charge < -0.3 is 14.8 Å². The van der Waals surface area contributed by atoms with Crippen LogP contribution in [0.5, 0.6) is 5.75 Å². The van der Waals surface area contributed by atoms with Gasteiger partial charge in [0.2, 0.25) is 0 Å². The van der Waals surface area contributed by atoms with E-state index in [0.717, 1.165) is 38.2 Å². The zero-order valence-electron chi connectivity index (χ0n) is 12.2. The van der Waals surface area contributed by atoms with E-state index in [1.54, 1.807) is 7.11 Å². The highest BCUT2D eigenvalue weighted by molar-refractivity contribution is 5.27. The van der Waals surface area contributed by atoms with Crippen molar-refractivity contribution in [2.24, 2.45) is 0 Å². The Bertz CT molecular complexity index is 386. The quantitative estimate of drug-likeness (QED) is 0.886. The fourth-order valence-electron chi connectivity index (χ4n) is 2.62. The molecule has 1 aliphatic rings. The highest BCUT2D eigenvalue weighted by atomic mass is 16.5. The Hall–Kier alpha value is -1.06. The number of methoxy groups -OCH3 is 1. The first-order valence-electron chi connectivity index (χ1n) is 7.09. The second-order valence-electron chi connectivity index (χ2n) is 5.85. The molecule has 1 saturated heterocycles. The van der Waals surface area contributed by atoms with Gasteiger partial charge >= 0.3 is 0 Å². The average molecular weight is 263 g/mol. The maximum Gasteiger partial charge on any atom is 0.118 e. The molecular weight excluding hydrogens is 238 g/mol. The Morgan fingerprint density at radius 1 is 1.32 bits per heavy atom. The molecule has 19 heavy (non-hydrogen) atoms. The molecule has 2 rings (SSSR count). The van der Waals surface area contributed by atoms with E-state index in [1.165, 1.54) is 5.56 Å². The topological polar surface area (TPSA) is 30.5 Å². The highest BCUT2D eigenvalue weighted by Gasteiger charge is 2.28. The number of ether oxygens (including phenoxy) is 2. The molecule has 0 amide bonds. The van der Waals surface area contributed by atoms with Crippen molar-refractivity contribution in [3.8, 4) is 5.75 Å². The molecule has 1 fully saturated rings. The molecule has 3 nitrogen and oxygen atoms in total. The van der Waals surface area contributed by atoms with Crippen LogP contribution >= 0.6 is 0 Å². The van der Waals surface area contributed by atoms with Gasteiger partial charge in [-0.25, -0.2) is 0 Å². The van der Waals surface area contributed by atoms with Crippen molar-refractivity contribution in [1.82, 2.24) is 5.32 Å². The maximum absolute atomic E-state index is 5.73. The first kappa shape index (κ1) is 14.4. The molecule has 0 aliphatic carbocycles. The van der Waals surface area contributed by atoms with Gasteiger partial charge in [0.25, 0.3) is 0 Å². The van der Waals surface area contributed by atoms with Crippen LogP contribution in [-0.4, -0.2) is 31.9 Å². The van der Waals surface area contributed by atoms with Crippen molar-refractivity contribution in [2.75, 3.05) is 20.3 Å². The smallest absolute Gasteiger partial charge is 0.118 e. The number of hydrogen-bond acceptors (Lipinski definition) is 3. The summed E-state index contributed by atoms with van der Waals surface area (Å²) in [4.78, 5) is 0. The second-order valence-corrected chi connectivity index (χ2v) is 5.85.